The van der Waals surface area contributed by atoms with Crippen molar-refractivity contribution < 1.29 is 14.6 Å². The van der Waals surface area contributed by atoms with Gasteiger partial charge >= 0.3 is 0 Å². The van der Waals surface area contributed by atoms with Crippen molar-refractivity contribution in [3.05, 3.63) is 64.2 Å². The number of aliphatic hydroxyl groups is 1. The molecule has 0 bridgehead atoms. The van der Waals surface area contributed by atoms with E-state index in [1.54, 1.807) is 6.07 Å². The molecule has 1 N–H and O–H groups in total. The number of hydrogen-bond donors (Lipinski definition) is 1. The number of ketones is 1. The highest BCUT2D eigenvalue weighted by atomic mass is 35.5. The van der Waals surface area contributed by atoms with Crippen LogP contribution < -0.4 is 4.74 Å². The molecule has 0 spiro atoms. The second-order valence-electron chi connectivity index (χ2n) is 7.08. The molecule has 1 fully saturated rings. The molecule has 1 aliphatic rings. The van der Waals surface area contributed by atoms with Crippen LogP contribution in [0.2, 0.25) is 5.02 Å². The van der Waals surface area contributed by atoms with Gasteiger partial charge in [0.25, 0.3) is 0 Å². The summed E-state index contributed by atoms with van der Waals surface area (Å²) in [6.45, 7) is 4.68. The van der Waals surface area contributed by atoms with Crippen LogP contribution in [0, 0.1) is 12.8 Å². The first-order valence-electron chi connectivity index (χ1n) is 9.42. The number of para-hydroxylation sites is 1. The third-order valence-corrected chi connectivity index (χ3v) is 5.28. The maximum Gasteiger partial charge on any atom is 0.167 e. The second-order valence-corrected chi connectivity index (χ2v) is 7.51. The van der Waals surface area contributed by atoms with E-state index < -0.39 is 0 Å². The van der Waals surface area contributed by atoms with Crippen LogP contribution in [-0.2, 0) is 6.54 Å². The lowest BCUT2D eigenvalue weighted by Crippen LogP contribution is -2.38. The number of likely N-dealkylation sites (tertiary alicyclic amines) is 1. The van der Waals surface area contributed by atoms with Crippen LogP contribution in [0.1, 0.15) is 34.3 Å². The maximum atomic E-state index is 13.0. The van der Waals surface area contributed by atoms with Gasteiger partial charge < -0.3 is 9.84 Å². The van der Waals surface area contributed by atoms with Crippen molar-refractivity contribution in [2.75, 3.05) is 26.3 Å². The van der Waals surface area contributed by atoms with E-state index in [9.17, 15) is 4.79 Å². The van der Waals surface area contributed by atoms with Crippen LogP contribution in [0.15, 0.2) is 42.5 Å². The van der Waals surface area contributed by atoms with Gasteiger partial charge in [0.2, 0.25) is 0 Å². The summed E-state index contributed by atoms with van der Waals surface area (Å²) in [5.74, 6) is 1.01. The summed E-state index contributed by atoms with van der Waals surface area (Å²) in [7, 11) is 0. The summed E-state index contributed by atoms with van der Waals surface area (Å²) in [6.07, 6.45) is 1.92. The van der Waals surface area contributed by atoms with Crippen LogP contribution in [-0.4, -0.2) is 42.1 Å². The molecule has 4 nitrogen and oxygen atoms in total. The van der Waals surface area contributed by atoms with E-state index in [-0.39, 0.29) is 24.9 Å². The minimum absolute atomic E-state index is 0.00384. The maximum absolute atomic E-state index is 13.0. The fraction of sp³-hybridized carbons (Fsp3) is 0.409. The lowest BCUT2D eigenvalue weighted by molar-refractivity contribution is 0.0809. The van der Waals surface area contributed by atoms with Gasteiger partial charge in [-0.25, -0.2) is 0 Å². The van der Waals surface area contributed by atoms with Crippen molar-refractivity contribution in [1.82, 2.24) is 4.90 Å². The molecule has 144 valence electrons. The Balaban J connectivity index is 1.69. The highest BCUT2D eigenvalue weighted by Gasteiger charge is 2.27. The first-order valence-corrected chi connectivity index (χ1v) is 9.80. The van der Waals surface area contributed by atoms with E-state index in [1.807, 2.05) is 43.3 Å². The number of rotatable bonds is 7. The summed E-state index contributed by atoms with van der Waals surface area (Å²) < 4.78 is 5.64. The van der Waals surface area contributed by atoms with Crippen molar-refractivity contribution >= 4 is 17.4 Å². The normalized spacial score (nSPS) is 17.7. The average molecular weight is 388 g/mol. The zero-order chi connectivity index (χ0) is 19.2. The van der Waals surface area contributed by atoms with Crippen LogP contribution in [0.3, 0.4) is 0 Å². The molecule has 0 aromatic heterocycles. The average Bonchev–Trinajstić information content (AvgIpc) is 2.67. The standard InChI is InChI=1S/C22H26ClNO3/c1-16-13-19(23)8-9-20(16)22(26)18-6-4-10-24(15-18)14-17-5-2-3-7-21(17)27-12-11-25/h2-3,5,7-9,13,18,25H,4,6,10-12,14-15H2,1H3/t18-/m1/s1. The molecule has 1 heterocycles. The largest absolute Gasteiger partial charge is 0.491 e. The minimum atomic E-state index is -0.00489. The van der Waals surface area contributed by atoms with Gasteiger partial charge in [-0.3, -0.25) is 9.69 Å². The minimum Gasteiger partial charge on any atom is -0.491 e. The molecule has 0 radical (unpaired) electrons. The van der Waals surface area contributed by atoms with E-state index in [4.69, 9.17) is 21.4 Å². The van der Waals surface area contributed by atoms with Crippen molar-refractivity contribution in [2.24, 2.45) is 5.92 Å². The first kappa shape index (κ1) is 19.9. The van der Waals surface area contributed by atoms with Gasteiger partial charge in [0, 0.05) is 35.2 Å². The first-order chi connectivity index (χ1) is 13.1. The molecular weight excluding hydrogens is 362 g/mol. The van der Waals surface area contributed by atoms with Gasteiger partial charge in [-0.2, -0.15) is 0 Å². The Hall–Kier alpha value is -1.88. The van der Waals surface area contributed by atoms with Crippen molar-refractivity contribution in [3.8, 4) is 5.75 Å². The zero-order valence-electron chi connectivity index (χ0n) is 15.7. The summed E-state index contributed by atoms with van der Waals surface area (Å²) in [6, 6.07) is 13.4. The SMILES string of the molecule is Cc1cc(Cl)ccc1C(=O)[C@@H]1CCCN(Cc2ccccc2OCCO)C1. The third-order valence-electron chi connectivity index (χ3n) is 5.05. The highest BCUT2D eigenvalue weighted by Crippen LogP contribution is 2.27. The molecule has 0 unspecified atom stereocenters. The molecule has 1 aliphatic heterocycles. The Morgan fingerprint density at radius 3 is 2.89 bits per heavy atom. The molecular formula is C22H26ClNO3. The Morgan fingerprint density at radius 2 is 2.11 bits per heavy atom. The van der Waals surface area contributed by atoms with Crippen LogP contribution >= 0.6 is 11.6 Å². The number of aliphatic hydroxyl groups excluding tert-OH is 1. The summed E-state index contributed by atoms with van der Waals surface area (Å²) in [5.41, 5.74) is 2.80. The zero-order valence-corrected chi connectivity index (χ0v) is 16.4. The predicted molar refractivity (Wildman–Crippen MR) is 108 cm³/mol. The molecule has 0 amide bonds. The number of aryl methyl sites for hydroxylation is 1. The summed E-state index contributed by atoms with van der Waals surface area (Å²) in [5, 5.41) is 9.66. The van der Waals surface area contributed by atoms with E-state index >= 15 is 0 Å². The van der Waals surface area contributed by atoms with Crippen LogP contribution in [0.4, 0.5) is 0 Å². The summed E-state index contributed by atoms with van der Waals surface area (Å²) in [4.78, 5) is 15.3. The van der Waals surface area contributed by atoms with E-state index in [1.165, 1.54) is 0 Å². The lowest BCUT2D eigenvalue weighted by Gasteiger charge is -2.32. The van der Waals surface area contributed by atoms with Crippen molar-refractivity contribution in [2.45, 2.75) is 26.3 Å². The number of nitrogens with zero attached hydrogens (tertiary/aromatic N) is 1. The number of benzene rings is 2. The van der Waals surface area contributed by atoms with E-state index in [0.29, 0.717) is 5.02 Å². The van der Waals surface area contributed by atoms with Crippen molar-refractivity contribution in [1.29, 1.82) is 0 Å². The second kappa shape index (κ2) is 9.36. The van der Waals surface area contributed by atoms with Gasteiger partial charge in [-0.1, -0.05) is 29.8 Å². The van der Waals surface area contributed by atoms with Gasteiger partial charge in [-0.15, -0.1) is 0 Å². The molecule has 5 heteroatoms. The molecule has 1 saturated heterocycles. The molecule has 2 aromatic carbocycles. The Labute approximate surface area is 165 Å². The molecule has 2 aromatic rings. The van der Waals surface area contributed by atoms with Crippen LogP contribution in [0.5, 0.6) is 5.75 Å². The number of Topliss-reactive ketones (excluding diaryl/α,β-unsaturated/α-hetero) is 1. The van der Waals surface area contributed by atoms with Gasteiger partial charge in [0.1, 0.15) is 12.4 Å². The fourth-order valence-corrected chi connectivity index (χ4v) is 3.94. The lowest BCUT2D eigenvalue weighted by atomic mass is 9.88. The van der Waals surface area contributed by atoms with Gasteiger partial charge in [0.05, 0.1) is 6.61 Å². The predicted octanol–water partition coefficient (Wildman–Crippen LogP) is 4.11. The summed E-state index contributed by atoms with van der Waals surface area (Å²) >= 11 is 6.02. The van der Waals surface area contributed by atoms with Gasteiger partial charge in [-0.05, 0) is 56.1 Å². The van der Waals surface area contributed by atoms with Gasteiger partial charge in [0.15, 0.2) is 5.78 Å². The Kier molecular flexibility index (Phi) is 6.89. The van der Waals surface area contributed by atoms with Crippen molar-refractivity contribution in [3.63, 3.8) is 0 Å². The molecule has 0 saturated carbocycles. The molecule has 3 rings (SSSR count). The Morgan fingerprint density at radius 1 is 1.30 bits per heavy atom. The quantitative estimate of drug-likeness (QED) is 0.726. The number of halogens is 1. The fourth-order valence-electron chi connectivity index (χ4n) is 3.71. The molecule has 1 atom stereocenters. The topological polar surface area (TPSA) is 49.8 Å². The third kappa shape index (κ3) is 5.10. The molecule has 27 heavy (non-hydrogen) atoms. The number of carbonyl (C=O) groups excluding carboxylic acids is 1. The van der Waals surface area contributed by atoms with E-state index in [0.717, 1.165) is 54.9 Å². The Bertz CT molecular complexity index is 793. The van der Waals surface area contributed by atoms with E-state index in [2.05, 4.69) is 4.90 Å². The number of ether oxygens (including phenoxy) is 1. The highest BCUT2D eigenvalue weighted by molar-refractivity contribution is 6.30. The number of carbonyl (C=O) groups is 1. The van der Waals surface area contributed by atoms with Crippen LogP contribution in [0.25, 0.3) is 0 Å². The number of hydrogen-bond acceptors (Lipinski definition) is 4. The monoisotopic (exact) mass is 387 g/mol. The number of piperidine rings is 1. The smallest absolute Gasteiger partial charge is 0.167 e. The molecule has 0 aliphatic carbocycles.